The van der Waals surface area contributed by atoms with Gasteiger partial charge in [0.1, 0.15) is 11.3 Å². The van der Waals surface area contributed by atoms with E-state index in [4.69, 9.17) is 23.4 Å². The first-order valence-electron chi connectivity index (χ1n) is 9.16. The monoisotopic (exact) mass is 390 g/mol. The van der Waals surface area contributed by atoms with Crippen LogP contribution in [0.5, 0.6) is 23.0 Å². The highest BCUT2D eigenvalue weighted by Crippen LogP contribution is 2.45. The zero-order valence-electron chi connectivity index (χ0n) is 16.8. The van der Waals surface area contributed by atoms with Crippen molar-refractivity contribution in [1.29, 1.82) is 0 Å². The number of ether oxygens (including phenoxy) is 4. The van der Waals surface area contributed by atoms with Crippen LogP contribution in [0.4, 0.5) is 0 Å². The first kappa shape index (κ1) is 18.7. The molecule has 0 radical (unpaired) electrons. The summed E-state index contributed by atoms with van der Waals surface area (Å²) in [7, 11) is 6.47. The molecule has 148 valence electrons. The predicted octanol–water partition coefficient (Wildman–Crippen LogP) is 5.80. The van der Waals surface area contributed by atoms with Crippen molar-refractivity contribution in [3.63, 3.8) is 0 Å². The van der Waals surface area contributed by atoms with E-state index >= 15 is 0 Å². The quantitative estimate of drug-likeness (QED) is 0.416. The minimum atomic E-state index is 0.618. The Labute approximate surface area is 169 Å². The minimum absolute atomic E-state index is 0.618. The maximum Gasteiger partial charge on any atom is 0.164 e. The van der Waals surface area contributed by atoms with Gasteiger partial charge in [0, 0.05) is 22.6 Å². The van der Waals surface area contributed by atoms with Crippen LogP contribution in [0, 0.1) is 0 Å². The molecule has 0 bridgehead atoms. The lowest BCUT2D eigenvalue weighted by molar-refractivity contribution is 0.355. The smallest absolute Gasteiger partial charge is 0.164 e. The summed E-state index contributed by atoms with van der Waals surface area (Å²) in [5.74, 6) is 3.31. The number of rotatable bonds is 6. The lowest BCUT2D eigenvalue weighted by Gasteiger charge is -2.10. The molecule has 1 aromatic heterocycles. The number of furan rings is 1. The second-order valence-corrected chi connectivity index (χ2v) is 6.45. The topological polar surface area (TPSA) is 50.1 Å². The van der Waals surface area contributed by atoms with Gasteiger partial charge in [-0.3, -0.25) is 0 Å². The fourth-order valence-corrected chi connectivity index (χ4v) is 3.50. The van der Waals surface area contributed by atoms with Gasteiger partial charge < -0.3 is 23.4 Å². The normalized spacial score (nSPS) is 10.8. The molecule has 3 aromatic carbocycles. The third-order valence-corrected chi connectivity index (χ3v) is 4.90. The zero-order valence-corrected chi connectivity index (χ0v) is 16.8. The summed E-state index contributed by atoms with van der Waals surface area (Å²) in [6.45, 7) is 0. The average Bonchev–Trinajstić information content (AvgIpc) is 3.16. The first-order valence-corrected chi connectivity index (χ1v) is 9.16. The molecular formula is C24H22O5. The number of methoxy groups -OCH3 is 4. The van der Waals surface area contributed by atoms with Gasteiger partial charge in [0.15, 0.2) is 23.0 Å². The van der Waals surface area contributed by atoms with Gasteiger partial charge >= 0.3 is 0 Å². The van der Waals surface area contributed by atoms with Crippen molar-refractivity contribution >= 4 is 11.0 Å². The molecule has 0 spiro atoms. The molecule has 0 saturated carbocycles. The highest BCUT2D eigenvalue weighted by atomic mass is 16.5. The second-order valence-electron chi connectivity index (χ2n) is 6.45. The van der Waals surface area contributed by atoms with Gasteiger partial charge in [0.25, 0.3) is 0 Å². The maximum absolute atomic E-state index is 6.32. The molecule has 29 heavy (non-hydrogen) atoms. The van der Waals surface area contributed by atoms with Gasteiger partial charge in [-0.1, -0.05) is 30.3 Å². The van der Waals surface area contributed by atoms with Crippen LogP contribution in [0.3, 0.4) is 0 Å². The van der Waals surface area contributed by atoms with Crippen LogP contribution in [0.2, 0.25) is 0 Å². The van der Waals surface area contributed by atoms with Gasteiger partial charge in [-0.05, 0) is 29.8 Å². The molecule has 5 heteroatoms. The molecule has 0 aliphatic heterocycles. The molecular weight excluding hydrogens is 368 g/mol. The molecule has 4 rings (SSSR count). The lowest BCUT2D eigenvalue weighted by atomic mass is 9.98. The molecule has 0 aliphatic carbocycles. The van der Waals surface area contributed by atoms with Crippen molar-refractivity contribution < 1.29 is 23.4 Å². The van der Waals surface area contributed by atoms with Gasteiger partial charge in [0.05, 0.1) is 28.4 Å². The largest absolute Gasteiger partial charge is 0.493 e. The van der Waals surface area contributed by atoms with Gasteiger partial charge in [-0.25, -0.2) is 0 Å². The summed E-state index contributed by atoms with van der Waals surface area (Å²) in [6, 6.07) is 19.7. The average molecular weight is 390 g/mol. The fourth-order valence-electron chi connectivity index (χ4n) is 3.50. The van der Waals surface area contributed by atoms with Crippen LogP contribution < -0.4 is 18.9 Å². The molecule has 0 amide bonds. The molecule has 0 atom stereocenters. The summed E-state index contributed by atoms with van der Waals surface area (Å²) < 4.78 is 28.1. The highest BCUT2D eigenvalue weighted by molar-refractivity contribution is 6.03. The molecule has 0 saturated heterocycles. The molecule has 1 heterocycles. The van der Waals surface area contributed by atoms with E-state index < -0.39 is 0 Å². The van der Waals surface area contributed by atoms with E-state index in [1.807, 2.05) is 48.5 Å². The highest BCUT2D eigenvalue weighted by Gasteiger charge is 2.21. The van der Waals surface area contributed by atoms with E-state index in [2.05, 4.69) is 12.1 Å². The SMILES string of the molecule is COc1ccc(-c2oc3cc(OC)c(OC)cc3c2-c2ccccc2)cc1OC. The van der Waals surface area contributed by atoms with E-state index in [1.54, 1.807) is 28.4 Å². The fraction of sp³-hybridized carbons (Fsp3) is 0.167. The van der Waals surface area contributed by atoms with Crippen LogP contribution >= 0.6 is 0 Å². The Hall–Kier alpha value is -3.60. The second kappa shape index (κ2) is 7.80. The molecule has 0 unspecified atom stereocenters. The van der Waals surface area contributed by atoms with Crippen molar-refractivity contribution in [1.82, 2.24) is 0 Å². The van der Waals surface area contributed by atoms with Gasteiger partial charge in [-0.2, -0.15) is 0 Å². The Balaban J connectivity index is 2.03. The molecule has 4 aromatic rings. The van der Waals surface area contributed by atoms with Crippen molar-refractivity contribution in [2.75, 3.05) is 28.4 Å². The third-order valence-electron chi connectivity index (χ3n) is 4.90. The summed E-state index contributed by atoms with van der Waals surface area (Å²) >= 11 is 0. The van der Waals surface area contributed by atoms with Crippen molar-refractivity contribution in [3.05, 3.63) is 60.7 Å². The summed E-state index contributed by atoms with van der Waals surface area (Å²) in [5.41, 5.74) is 3.62. The Morgan fingerprint density at radius 3 is 1.86 bits per heavy atom. The van der Waals surface area contributed by atoms with E-state index in [0.717, 1.165) is 27.8 Å². The van der Waals surface area contributed by atoms with Crippen LogP contribution in [0.15, 0.2) is 65.1 Å². The number of hydrogen-bond donors (Lipinski definition) is 0. The van der Waals surface area contributed by atoms with Crippen molar-refractivity contribution in [2.24, 2.45) is 0 Å². The van der Waals surface area contributed by atoms with Crippen LogP contribution in [0.1, 0.15) is 0 Å². The maximum atomic E-state index is 6.32. The summed E-state index contributed by atoms with van der Waals surface area (Å²) in [6.07, 6.45) is 0. The van der Waals surface area contributed by atoms with Gasteiger partial charge in [-0.15, -0.1) is 0 Å². The van der Waals surface area contributed by atoms with Crippen LogP contribution in [-0.4, -0.2) is 28.4 Å². The van der Waals surface area contributed by atoms with Gasteiger partial charge in [0.2, 0.25) is 0 Å². The Bertz CT molecular complexity index is 1150. The van der Waals surface area contributed by atoms with E-state index in [0.29, 0.717) is 28.6 Å². The van der Waals surface area contributed by atoms with E-state index in [1.165, 1.54) is 0 Å². The zero-order chi connectivity index (χ0) is 20.4. The Morgan fingerprint density at radius 2 is 1.21 bits per heavy atom. The molecule has 0 fully saturated rings. The Morgan fingerprint density at radius 1 is 0.586 bits per heavy atom. The molecule has 0 N–H and O–H groups in total. The van der Waals surface area contributed by atoms with Crippen LogP contribution in [-0.2, 0) is 0 Å². The van der Waals surface area contributed by atoms with E-state index in [9.17, 15) is 0 Å². The molecule has 0 aliphatic rings. The minimum Gasteiger partial charge on any atom is -0.493 e. The van der Waals surface area contributed by atoms with Crippen LogP contribution in [0.25, 0.3) is 33.4 Å². The standard InChI is InChI=1S/C24H22O5/c1-25-18-11-10-16(12-20(18)26-2)24-23(15-8-6-5-7-9-15)17-13-21(27-3)22(28-4)14-19(17)29-24/h5-14H,1-4H3. The summed E-state index contributed by atoms with van der Waals surface area (Å²) in [5, 5.41) is 0.943. The van der Waals surface area contributed by atoms with Crippen molar-refractivity contribution in [2.45, 2.75) is 0 Å². The lowest BCUT2D eigenvalue weighted by Crippen LogP contribution is -1.91. The summed E-state index contributed by atoms with van der Waals surface area (Å²) in [4.78, 5) is 0. The Kier molecular flexibility index (Phi) is 5.04. The first-order chi connectivity index (χ1) is 14.2. The third kappa shape index (κ3) is 3.25. The number of fused-ring (bicyclic) bond motifs is 1. The molecule has 5 nitrogen and oxygen atoms in total. The van der Waals surface area contributed by atoms with E-state index in [-0.39, 0.29) is 0 Å². The van der Waals surface area contributed by atoms with Crippen molar-refractivity contribution in [3.8, 4) is 45.4 Å². The predicted molar refractivity (Wildman–Crippen MR) is 113 cm³/mol. The number of benzene rings is 3. The number of hydrogen-bond acceptors (Lipinski definition) is 5.